The standard InChI is InChI=1S/C7H16N2S/c1-5(2)7(3,4)10-6(8)9/h5H,1-4H3,(H3,8,9). The summed E-state index contributed by atoms with van der Waals surface area (Å²) in [5.74, 6) is 0.543. The lowest BCUT2D eigenvalue weighted by atomic mass is 10.00. The van der Waals surface area contributed by atoms with Crippen molar-refractivity contribution in [3.05, 3.63) is 0 Å². The second-order valence-electron chi connectivity index (χ2n) is 3.22. The Hall–Kier alpha value is -0.180. The maximum atomic E-state index is 7.08. The summed E-state index contributed by atoms with van der Waals surface area (Å²) in [7, 11) is 0. The number of hydrogen-bond donors (Lipinski definition) is 2. The van der Waals surface area contributed by atoms with E-state index in [-0.39, 0.29) is 9.91 Å². The zero-order valence-electron chi connectivity index (χ0n) is 7.06. The molecule has 0 aromatic heterocycles. The van der Waals surface area contributed by atoms with Crippen LogP contribution in [0.15, 0.2) is 0 Å². The quantitative estimate of drug-likeness (QED) is 0.480. The normalized spacial score (nSPS) is 12.1. The molecule has 0 aromatic rings. The van der Waals surface area contributed by atoms with Gasteiger partial charge in [0.25, 0.3) is 0 Å². The molecule has 2 nitrogen and oxygen atoms in total. The molecule has 0 amide bonds. The van der Waals surface area contributed by atoms with Crippen LogP contribution in [0.25, 0.3) is 0 Å². The molecule has 10 heavy (non-hydrogen) atoms. The molecule has 0 aliphatic rings. The molecule has 0 fully saturated rings. The van der Waals surface area contributed by atoms with E-state index in [9.17, 15) is 0 Å². The Bertz CT molecular complexity index is 130. The topological polar surface area (TPSA) is 49.9 Å². The fourth-order valence-electron chi connectivity index (χ4n) is 0.401. The summed E-state index contributed by atoms with van der Waals surface area (Å²) in [5, 5.41) is 7.29. The second kappa shape index (κ2) is 3.28. The number of rotatable bonds is 2. The molecule has 0 unspecified atom stereocenters. The van der Waals surface area contributed by atoms with Crippen molar-refractivity contribution >= 4 is 16.9 Å². The predicted molar refractivity (Wildman–Crippen MR) is 48.4 cm³/mol. The highest BCUT2D eigenvalue weighted by atomic mass is 32.2. The summed E-state index contributed by atoms with van der Waals surface area (Å²) in [6.07, 6.45) is 0. The maximum Gasteiger partial charge on any atom is 0.151 e. The molecule has 0 aromatic carbocycles. The minimum atomic E-state index is 0.0891. The molecular formula is C7H16N2S. The first-order chi connectivity index (χ1) is 4.36. The summed E-state index contributed by atoms with van der Waals surface area (Å²) >= 11 is 1.43. The van der Waals surface area contributed by atoms with Gasteiger partial charge in [-0.3, -0.25) is 5.41 Å². The van der Waals surface area contributed by atoms with Crippen LogP contribution in [0.5, 0.6) is 0 Å². The number of nitrogens with one attached hydrogen (secondary N) is 1. The van der Waals surface area contributed by atoms with Gasteiger partial charge in [-0.05, 0) is 19.8 Å². The van der Waals surface area contributed by atoms with Crippen LogP contribution in [0.1, 0.15) is 27.7 Å². The fourth-order valence-corrected chi connectivity index (χ4v) is 1.20. The van der Waals surface area contributed by atoms with E-state index >= 15 is 0 Å². The summed E-state index contributed by atoms with van der Waals surface area (Å²) in [6.45, 7) is 8.47. The van der Waals surface area contributed by atoms with Crippen molar-refractivity contribution in [3.63, 3.8) is 0 Å². The molecule has 0 aliphatic heterocycles. The largest absolute Gasteiger partial charge is 0.379 e. The highest BCUT2D eigenvalue weighted by Gasteiger charge is 2.23. The lowest BCUT2D eigenvalue weighted by Gasteiger charge is -2.27. The van der Waals surface area contributed by atoms with Crippen molar-refractivity contribution in [1.82, 2.24) is 0 Å². The molecule has 0 atom stereocenters. The summed E-state index contributed by atoms with van der Waals surface area (Å²) in [6, 6.07) is 0. The van der Waals surface area contributed by atoms with E-state index in [0.717, 1.165) is 0 Å². The Labute approximate surface area is 67.1 Å². The zero-order valence-corrected chi connectivity index (χ0v) is 7.88. The zero-order chi connectivity index (χ0) is 8.36. The van der Waals surface area contributed by atoms with Crippen molar-refractivity contribution < 1.29 is 0 Å². The molecule has 0 aliphatic carbocycles. The fraction of sp³-hybridized carbons (Fsp3) is 0.857. The second-order valence-corrected chi connectivity index (χ2v) is 4.92. The van der Waals surface area contributed by atoms with Gasteiger partial charge in [0.2, 0.25) is 0 Å². The smallest absolute Gasteiger partial charge is 0.151 e. The molecule has 0 spiro atoms. The number of hydrogen-bond acceptors (Lipinski definition) is 2. The van der Waals surface area contributed by atoms with E-state index in [0.29, 0.717) is 5.92 Å². The van der Waals surface area contributed by atoms with E-state index in [1.807, 2.05) is 0 Å². The first kappa shape index (κ1) is 9.82. The van der Waals surface area contributed by atoms with Crippen molar-refractivity contribution in [1.29, 1.82) is 5.41 Å². The highest BCUT2D eigenvalue weighted by Crippen LogP contribution is 2.31. The minimum Gasteiger partial charge on any atom is -0.379 e. The Morgan fingerprint density at radius 1 is 1.50 bits per heavy atom. The molecule has 0 heterocycles. The Kier molecular flexibility index (Phi) is 3.22. The van der Waals surface area contributed by atoms with Crippen molar-refractivity contribution in [2.24, 2.45) is 11.7 Å². The van der Waals surface area contributed by atoms with Gasteiger partial charge in [-0.1, -0.05) is 25.6 Å². The third-order valence-corrected chi connectivity index (χ3v) is 2.98. The lowest BCUT2D eigenvalue weighted by Crippen LogP contribution is -2.26. The van der Waals surface area contributed by atoms with E-state index < -0.39 is 0 Å². The van der Waals surface area contributed by atoms with Gasteiger partial charge in [0, 0.05) is 4.75 Å². The molecule has 3 heteroatoms. The molecule has 3 N–H and O–H groups in total. The maximum absolute atomic E-state index is 7.08. The third-order valence-electron chi connectivity index (χ3n) is 1.76. The summed E-state index contributed by atoms with van der Waals surface area (Å²) in [4.78, 5) is 0. The van der Waals surface area contributed by atoms with E-state index in [2.05, 4.69) is 27.7 Å². The average molecular weight is 160 g/mol. The molecule has 0 radical (unpaired) electrons. The lowest BCUT2D eigenvalue weighted by molar-refractivity contribution is 0.506. The number of thioether (sulfide) groups is 1. The van der Waals surface area contributed by atoms with Gasteiger partial charge >= 0.3 is 0 Å². The molecule has 0 saturated heterocycles. The third kappa shape index (κ3) is 3.11. The van der Waals surface area contributed by atoms with Crippen LogP contribution in [-0.4, -0.2) is 9.91 Å². The van der Waals surface area contributed by atoms with Crippen LogP contribution in [0.4, 0.5) is 0 Å². The molecule has 0 saturated carbocycles. The minimum absolute atomic E-state index is 0.0891. The van der Waals surface area contributed by atoms with Gasteiger partial charge in [-0.15, -0.1) is 0 Å². The van der Waals surface area contributed by atoms with Crippen LogP contribution >= 0.6 is 11.8 Å². The SMILES string of the molecule is CC(C)C(C)(C)SC(=N)N. The highest BCUT2D eigenvalue weighted by molar-refractivity contribution is 8.14. The predicted octanol–water partition coefficient (Wildman–Crippen LogP) is 2.05. The molecule has 60 valence electrons. The van der Waals surface area contributed by atoms with Crippen molar-refractivity contribution in [3.8, 4) is 0 Å². The van der Waals surface area contributed by atoms with Crippen molar-refractivity contribution in [2.45, 2.75) is 32.4 Å². The van der Waals surface area contributed by atoms with Gasteiger partial charge in [0.05, 0.1) is 0 Å². The summed E-state index contributed by atoms with van der Waals surface area (Å²) < 4.78 is 0.0891. The molecule has 0 rings (SSSR count). The monoisotopic (exact) mass is 160 g/mol. The van der Waals surface area contributed by atoms with Crippen molar-refractivity contribution in [2.75, 3.05) is 0 Å². The molecular weight excluding hydrogens is 144 g/mol. The van der Waals surface area contributed by atoms with E-state index in [1.54, 1.807) is 0 Å². The van der Waals surface area contributed by atoms with Crippen LogP contribution in [0.3, 0.4) is 0 Å². The Morgan fingerprint density at radius 3 is 2.00 bits per heavy atom. The summed E-state index contributed by atoms with van der Waals surface area (Å²) in [5.41, 5.74) is 5.26. The number of amidine groups is 1. The Morgan fingerprint density at radius 2 is 1.90 bits per heavy atom. The van der Waals surface area contributed by atoms with E-state index in [1.165, 1.54) is 11.8 Å². The first-order valence-corrected chi connectivity index (χ1v) is 4.21. The van der Waals surface area contributed by atoms with Crippen LogP contribution in [0, 0.1) is 11.3 Å². The number of nitrogens with two attached hydrogens (primary N) is 1. The van der Waals surface area contributed by atoms with Crippen LogP contribution in [-0.2, 0) is 0 Å². The van der Waals surface area contributed by atoms with Crippen LogP contribution < -0.4 is 5.73 Å². The molecule has 0 bridgehead atoms. The van der Waals surface area contributed by atoms with Gasteiger partial charge in [0.15, 0.2) is 5.17 Å². The average Bonchev–Trinajstić information content (AvgIpc) is 1.60. The van der Waals surface area contributed by atoms with Gasteiger partial charge in [-0.25, -0.2) is 0 Å². The van der Waals surface area contributed by atoms with Crippen LogP contribution in [0.2, 0.25) is 0 Å². The first-order valence-electron chi connectivity index (χ1n) is 3.39. The van der Waals surface area contributed by atoms with Gasteiger partial charge < -0.3 is 5.73 Å². The van der Waals surface area contributed by atoms with Gasteiger partial charge in [-0.2, -0.15) is 0 Å². The van der Waals surface area contributed by atoms with E-state index in [4.69, 9.17) is 11.1 Å². The Balaban J connectivity index is 3.99. The van der Waals surface area contributed by atoms with Gasteiger partial charge in [0.1, 0.15) is 0 Å².